The molecule has 0 aromatic heterocycles. The Bertz CT molecular complexity index is 417. The summed E-state index contributed by atoms with van der Waals surface area (Å²) in [4.78, 5) is 14.1. The highest BCUT2D eigenvalue weighted by Gasteiger charge is 2.20. The van der Waals surface area contributed by atoms with E-state index in [1.807, 2.05) is 6.07 Å². The molecule has 0 unspecified atom stereocenters. The van der Waals surface area contributed by atoms with Gasteiger partial charge in [-0.05, 0) is 18.4 Å². The van der Waals surface area contributed by atoms with Crippen LogP contribution >= 0.6 is 0 Å². The third kappa shape index (κ3) is 5.73. The number of nitrogens with one attached hydrogen (secondary N) is 2. The maximum Gasteiger partial charge on any atom is 0.315 e. The molecule has 1 aromatic rings. The van der Waals surface area contributed by atoms with Gasteiger partial charge in [-0.3, -0.25) is 4.90 Å². The minimum absolute atomic E-state index is 0.0893. The summed E-state index contributed by atoms with van der Waals surface area (Å²) < 4.78 is 4.90. The molecular weight excluding hydrogens is 266 g/mol. The van der Waals surface area contributed by atoms with Crippen LogP contribution in [0, 0.1) is 0 Å². The smallest absolute Gasteiger partial charge is 0.315 e. The number of hydrogen-bond donors (Lipinski definition) is 2. The van der Waals surface area contributed by atoms with Gasteiger partial charge in [0.2, 0.25) is 0 Å². The van der Waals surface area contributed by atoms with Gasteiger partial charge in [-0.25, -0.2) is 4.79 Å². The lowest BCUT2D eigenvalue weighted by atomic mass is 10.0. The molecule has 1 fully saturated rings. The highest BCUT2D eigenvalue weighted by Crippen LogP contribution is 2.13. The topological polar surface area (TPSA) is 53.6 Å². The van der Waals surface area contributed by atoms with Gasteiger partial charge in [0, 0.05) is 39.3 Å². The summed E-state index contributed by atoms with van der Waals surface area (Å²) >= 11 is 0. The van der Waals surface area contributed by atoms with Crippen LogP contribution in [0.15, 0.2) is 30.3 Å². The van der Waals surface area contributed by atoms with Gasteiger partial charge < -0.3 is 15.4 Å². The van der Waals surface area contributed by atoms with Gasteiger partial charge in [0.15, 0.2) is 0 Å². The minimum Gasteiger partial charge on any atom is -0.383 e. The number of piperidine rings is 1. The van der Waals surface area contributed by atoms with E-state index in [9.17, 15) is 4.79 Å². The molecule has 2 rings (SSSR count). The van der Waals surface area contributed by atoms with Crippen LogP contribution in [0.25, 0.3) is 0 Å². The van der Waals surface area contributed by atoms with E-state index >= 15 is 0 Å². The predicted octanol–water partition coefficient (Wildman–Crippen LogP) is 1.60. The Balaban J connectivity index is 1.65. The SMILES string of the molecule is COCCNC(=O)NC1CCN(Cc2ccccc2)CC1. The molecule has 1 heterocycles. The molecule has 21 heavy (non-hydrogen) atoms. The molecule has 1 saturated heterocycles. The van der Waals surface area contributed by atoms with Crippen molar-refractivity contribution in [3.05, 3.63) is 35.9 Å². The van der Waals surface area contributed by atoms with Crippen LogP contribution in [0.4, 0.5) is 4.79 Å². The van der Waals surface area contributed by atoms with Crippen LogP contribution in [0.3, 0.4) is 0 Å². The summed E-state index contributed by atoms with van der Waals surface area (Å²) in [6.45, 7) is 4.14. The fourth-order valence-corrected chi connectivity index (χ4v) is 2.58. The summed E-state index contributed by atoms with van der Waals surface area (Å²) in [6.07, 6.45) is 2.01. The van der Waals surface area contributed by atoms with Crippen molar-refractivity contribution >= 4 is 6.03 Å². The molecule has 0 atom stereocenters. The number of amides is 2. The highest BCUT2D eigenvalue weighted by molar-refractivity contribution is 5.74. The van der Waals surface area contributed by atoms with E-state index < -0.39 is 0 Å². The molecule has 1 aliphatic heterocycles. The summed E-state index contributed by atoms with van der Waals surface area (Å²) in [7, 11) is 1.63. The average Bonchev–Trinajstić information content (AvgIpc) is 2.51. The fourth-order valence-electron chi connectivity index (χ4n) is 2.58. The van der Waals surface area contributed by atoms with E-state index in [4.69, 9.17) is 4.74 Å². The van der Waals surface area contributed by atoms with Gasteiger partial charge in [0.25, 0.3) is 0 Å². The first kappa shape index (κ1) is 15.8. The normalized spacial score (nSPS) is 16.6. The summed E-state index contributed by atoms with van der Waals surface area (Å²) in [5.41, 5.74) is 1.35. The first-order valence-corrected chi connectivity index (χ1v) is 7.57. The van der Waals surface area contributed by atoms with E-state index in [-0.39, 0.29) is 12.1 Å². The van der Waals surface area contributed by atoms with E-state index in [2.05, 4.69) is 39.8 Å². The van der Waals surface area contributed by atoms with Gasteiger partial charge in [-0.15, -0.1) is 0 Å². The van der Waals surface area contributed by atoms with Crippen molar-refractivity contribution in [1.29, 1.82) is 0 Å². The van der Waals surface area contributed by atoms with E-state index in [1.54, 1.807) is 7.11 Å². The number of methoxy groups -OCH3 is 1. The van der Waals surface area contributed by atoms with Crippen molar-refractivity contribution in [2.24, 2.45) is 0 Å². The van der Waals surface area contributed by atoms with Crippen LogP contribution in [0.5, 0.6) is 0 Å². The molecule has 2 N–H and O–H groups in total. The molecular formula is C16H25N3O2. The van der Waals surface area contributed by atoms with Crippen molar-refractivity contribution in [1.82, 2.24) is 15.5 Å². The Kier molecular flexibility index (Phi) is 6.50. The maximum atomic E-state index is 11.7. The number of nitrogens with zero attached hydrogens (tertiary/aromatic N) is 1. The molecule has 2 amide bonds. The van der Waals surface area contributed by atoms with Gasteiger partial charge in [0.05, 0.1) is 6.61 Å². The zero-order chi connectivity index (χ0) is 14.9. The number of ether oxygens (including phenoxy) is 1. The number of hydrogen-bond acceptors (Lipinski definition) is 3. The number of likely N-dealkylation sites (tertiary alicyclic amines) is 1. The predicted molar refractivity (Wildman–Crippen MR) is 83.2 cm³/mol. The maximum absolute atomic E-state index is 11.7. The van der Waals surface area contributed by atoms with Gasteiger partial charge in [-0.2, -0.15) is 0 Å². The van der Waals surface area contributed by atoms with Crippen molar-refractivity contribution < 1.29 is 9.53 Å². The van der Waals surface area contributed by atoms with Crippen LogP contribution in [-0.2, 0) is 11.3 Å². The van der Waals surface area contributed by atoms with Crippen molar-refractivity contribution in [3.63, 3.8) is 0 Å². The quantitative estimate of drug-likeness (QED) is 0.783. The standard InChI is InChI=1S/C16H25N3O2/c1-21-12-9-17-16(20)18-15-7-10-19(11-8-15)13-14-5-3-2-4-6-14/h2-6,15H,7-13H2,1H3,(H2,17,18,20). The molecule has 0 bridgehead atoms. The molecule has 1 aliphatic rings. The Hall–Kier alpha value is -1.59. The van der Waals surface area contributed by atoms with Crippen LogP contribution in [0.1, 0.15) is 18.4 Å². The first-order valence-electron chi connectivity index (χ1n) is 7.57. The second kappa shape index (κ2) is 8.64. The number of urea groups is 1. The molecule has 0 spiro atoms. The Morgan fingerprint density at radius 3 is 2.67 bits per heavy atom. The largest absolute Gasteiger partial charge is 0.383 e. The third-order valence-electron chi connectivity index (χ3n) is 3.76. The Morgan fingerprint density at radius 2 is 2.00 bits per heavy atom. The highest BCUT2D eigenvalue weighted by atomic mass is 16.5. The second-order valence-electron chi connectivity index (χ2n) is 5.43. The zero-order valence-electron chi connectivity index (χ0n) is 12.7. The fraction of sp³-hybridized carbons (Fsp3) is 0.562. The molecule has 1 aromatic carbocycles. The monoisotopic (exact) mass is 291 g/mol. The average molecular weight is 291 g/mol. The van der Waals surface area contributed by atoms with Crippen molar-refractivity contribution in [3.8, 4) is 0 Å². The molecule has 0 aliphatic carbocycles. The zero-order valence-corrected chi connectivity index (χ0v) is 12.7. The number of carbonyl (C=O) groups excluding carboxylic acids is 1. The molecule has 5 heteroatoms. The first-order chi connectivity index (χ1) is 10.3. The lowest BCUT2D eigenvalue weighted by Crippen LogP contribution is -2.48. The van der Waals surface area contributed by atoms with Crippen molar-refractivity contribution in [2.45, 2.75) is 25.4 Å². The summed E-state index contributed by atoms with van der Waals surface area (Å²) in [5, 5.41) is 5.82. The van der Waals surface area contributed by atoms with E-state index in [0.717, 1.165) is 32.5 Å². The number of carbonyl (C=O) groups is 1. The Labute approximate surface area is 126 Å². The number of benzene rings is 1. The van der Waals surface area contributed by atoms with E-state index in [0.29, 0.717) is 13.2 Å². The van der Waals surface area contributed by atoms with Crippen molar-refractivity contribution in [2.75, 3.05) is 33.4 Å². The van der Waals surface area contributed by atoms with Crippen LogP contribution in [-0.4, -0.2) is 50.3 Å². The van der Waals surface area contributed by atoms with Crippen LogP contribution < -0.4 is 10.6 Å². The minimum atomic E-state index is -0.0893. The summed E-state index contributed by atoms with van der Waals surface area (Å²) in [5.74, 6) is 0. The van der Waals surface area contributed by atoms with E-state index in [1.165, 1.54) is 5.56 Å². The third-order valence-corrected chi connectivity index (χ3v) is 3.76. The molecule has 0 radical (unpaired) electrons. The van der Waals surface area contributed by atoms with Gasteiger partial charge >= 0.3 is 6.03 Å². The van der Waals surface area contributed by atoms with Gasteiger partial charge in [-0.1, -0.05) is 30.3 Å². The molecule has 116 valence electrons. The lowest BCUT2D eigenvalue weighted by Gasteiger charge is -2.32. The second-order valence-corrected chi connectivity index (χ2v) is 5.43. The lowest BCUT2D eigenvalue weighted by molar-refractivity contribution is 0.181. The van der Waals surface area contributed by atoms with Crippen LogP contribution in [0.2, 0.25) is 0 Å². The molecule has 5 nitrogen and oxygen atoms in total. The Morgan fingerprint density at radius 1 is 1.29 bits per heavy atom. The summed E-state index contributed by atoms with van der Waals surface area (Å²) in [6, 6.07) is 10.7. The number of rotatable bonds is 6. The van der Waals surface area contributed by atoms with Gasteiger partial charge in [0.1, 0.15) is 0 Å². The molecule has 0 saturated carbocycles.